The summed E-state index contributed by atoms with van der Waals surface area (Å²) in [6, 6.07) is 11.7. The number of hydrogen-bond donors (Lipinski definition) is 0. The maximum Gasteiger partial charge on any atom is 0.248 e. The fourth-order valence-corrected chi connectivity index (χ4v) is 4.12. The van der Waals surface area contributed by atoms with Gasteiger partial charge in [0.25, 0.3) is 0 Å². The summed E-state index contributed by atoms with van der Waals surface area (Å²) in [5.41, 5.74) is 0.639. The molecule has 2 aromatic rings. The van der Waals surface area contributed by atoms with E-state index in [1.807, 2.05) is 57.2 Å². The van der Waals surface area contributed by atoms with Crippen molar-refractivity contribution in [3.63, 3.8) is 0 Å². The summed E-state index contributed by atoms with van der Waals surface area (Å²) in [4.78, 5) is 29.8. The summed E-state index contributed by atoms with van der Waals surface area (Å²) in [5.74, 6) is 0.581. The molecule has 0 aliphatic carbocycles. The molecule has 6 nitrogen and oxygen atoms in total. The van der Waals surface area contributed by atoms with Crippen LogP contribution in [0.15, 0.2) is 40.9 Å². The highest BCUT2D eigenvalue weighted by Crippen LogP contribution is 2.37. The van der Waals surface area contributed by atoms with Crippen LogP contribution >= 0.6 is 0 Å². The zero-order chi connectivity index (χ0) is 21.2. The molecule has 0 unspecified atom stereocenters. The second-order valence-electron chi connectivity index (χ2n) is 9.34. The Balaban J connectivity index is 1.92. The first-order chi connectivity index (χ1) is 13.6. The van der Waals surface area contributed by atoms with Crippen molar-refractivity contribution in [2.24, 2.45) is 5.41 Å². The number of rotatable bonds is 5. The highest BCUT2D eigenvalue weighted by molar-refractivity contribution is 5.92. The molecular formula is C23H31N3O3. The van der Waals surface area contributed by atoms with Crippen molar-refractivity contribution in [3.8, 4) is 11.3 Å². The highest BCUT2D eigenvalue weighted by Gasteiger charge is 2.51. The maximum absolute atomic E-state index is 13.3. The minimum absolute atomic E-state index is 0.0213. The molecule has 1 aliphatic heterocycles. The normalized spacial score (nSPS) is 19.4. The van der Waals surface area contributed by atoms with E-state index in [0.29, 0.717) is 31.6 Å². The molecule has 1 aliphatic rings. The zero-order valence-electron chi connectivity index (χ0n) is 18.1. The molecule has 1 saturated heterocycles. The van der Waals surface area contributed by atoms with Crippen molar-refractivity contribution < 1.29 is 14.1 Å². The van der Waals surface area contributed by atoms with Crippen molar-refractivity contribution in [1.82, 2.24) is 15.0 Å². The summed E-state index contributed by atoms with van der Waals surface area (Å²) in [5, 5.41) is 4.19. The zero-order valence-corrected chi connectivity index (χ0v) is 18.1. The lowest BCUT2D eigenvalue weighted by Gasteiger charge is -2.39. The summed E-state index contributed by atoms with van der Waals surface area (Å²) < 4.78 is 5.61. The molecule has 0 saturated carbocycles. The SMILES string of the molecule is CN(C)C(=O)[C@]1(Cc2cc(-c3ccccc3)no2)CCCN1C(=O)CC(C)(C)C. The third kappa shape index (κ3) is 4.52. The van der Waals surface area contributed by atoms with Crippen LogP contribution in [0.4, 0.5) is 0 Å². The van der Waals surface area contributed by atoms with E-state index in [2.05, 4.69) is 5.16 Å². The molecule has 6 heteroatoms. The second kappa shape index (κ2) is 8.01. The fraction of sp³-hybridized carbons (Fsp3) is 0.522. The fourth-order valence-electron chi connectivity index (χ4n) is 4.12. The predicted octanol–water partition coefficient (Wildman–Crippen LogP) is 3.77. The van der Waals surface area contributed by atoms with Gasteiger partial charge in [0.15, 0.2) is 0 Å². The molecule has 2 amide bonds. The van der Waals surface area contributed by atoms with E-state index in [0.717, 1.165) is 17.7 Å². The van der Waals surface area contributed by atoms with Crippen LogP contribution in [0.5, 0.6) is 0 Å². The molecule has 0 radical (unpaired) electrons. The largest absolute Gasteiger partial charge is 0.361 e. The number of aromatic nitrogens is 1. The Labute approximate surface area is 172 Å². The summed E-state index contributed by atoms with van der Waals surface area (Å²) in [6.45, 7) is 6.71. The molecular weight excluding hydrogens is 366 g/mol. The van der Waals surface area contributed by atoms with Crippen molar-refractivity contribution >= 4 is 11.8 Å². The van der Waals surface area contributed by atoms with Gasteiger partial charge < -0.3 is 14.3 Å². The van der Waals surface area contributed by atoms with Gasteiger partial charge in [0, 0.05) is 45.1 Å². The van der Waals surface area contributed by atoms with Gasteiger partial charge in [-0.25, -0.2) is 0 Å². The van der Waals surface area contributed by atoms with Crippen LogP contribution in [0.1, 0.15) is 45.8 Å². The van der Waals surface area contributed by atoms with Gasteiger partial charge in [-0.15, -0.1) is 0 Å². The van der Waals surface area contributed by atoms with Crippen molar-refractivity contribution in [2.45, 2.75) is 52.0 Å². The van der Waals surface area contributed by atoms with Crippen LogP contribution in [0, 0.1) is 5.41 Å². The van der Waals surface area contributed by atoms with Gasteiger partial charge in [0.05, 0.1) is 0 Å². The van der Waals surface area contributed by atoms with Crippen molar-refractivity contribution in [3.05, 3.63) is 42.2 Å². The Morgan fingerprint density at radius 2 is 1.90 bits per heavy atom. The number of carbonyl (C=O) groups is 2. The van der Waals surface area contributed by atoms with Gasteiger partial charge in [-0.3, -0.25) is 9.59 Å². The van der Waals surface area contributed by atoms with E-state index < -0.39 is 5.54 Å². The van der Waals surface area contributed by atoms with Crippen molar-refractivity contribution in [2.75, 3.05) is 20.6 Å². The van der Waals surface area contributed by atoms with Gasteiger partial charge in [-0.2, -0.15) is 0 Å². The molecule has 1 fully saturated rings. The molecule has 1 aromatic heterocycles. The molecule has 3 rings (SSSR count). The number of benzene rings is 1. The van der Waals surface area contributed by atoms with Crippen LogP contribution in [-0.2, 0) is 16.0 Å². The standard InChI is InChI=1S/C23H31N3O3/c1-22(2,3)16-20(27)26-13-9-12-23(26,21(28)25(4)5)15-18-14-19(24-29-18)17-10-7-6-8-11-17/h6-8,10-11,14H,9,12-13,15-16H2,1-5H3/t23-/m1/s1. The lowest BCUT2D eigenvalue weighted by atomic mass is 9.86. The minimum atomic E-state index is -0.917. The Morgan fingerprint density at radius 3 is 2.52 bits per heavy atom. The number of hydrogen-bond acceptors (Lipinski definition) is 4. The third-order valence-electron chi connectivity index (χ3n) is 5.37. The Morgan fingerprint density at radius 1 is 1.21 bits per heavy atom. The smallest absolute Gasteiger partial charge is 0.248 e. The first-order valence-corrected chi connectivity index (χ1v) is 10.2. The van der Waals surface area contributed by atoms with E-state index in [4.69, 9.17) is 4.52 Å². The topological polar surface area (TPSA) is 66.7 Å². The molecule has 0 N–H and O–H groups in total. The highest BCUT2D eigenvalue weighted by atomic mass is 16.5. The average Bonchev–Trinajstić information content (AvgIpc) is 3.28. The van der Waals surface area contributed by atoms with Gasteiger partial charge in [0.2, 0.25) is 11.8 Å². The van der Waals surface area contributed by atoms with Gasteiger partial charge in [-0.05, 0) is 18.3 Å². The first kappa shape index (κ1) is 21.1. The summed E-state index contributed by atoms with van der Waals surface area (Å²) in [6.07, 6.45) is 2.16. The molecule has 29 heavy (non-hydrogen) atoms. The van der Waals surface area contributed by atoms with Crippen LogP contribution in [-0.4, -0.2) is 52.9 Å². The monoisotopic (exact) mass is 397 g/mol. The van der Waals surface area contributed by atoms with E-state index in [9.17, 15) is 9.59 Å². The van der Waals surface area contributed by atoms with Crippen molar-refractivity contribution in [1.29, 1.82) is 0 Å². The average molecular weight is 398 g/mol. The predicted molar refractivity (Wildman–Crippen MR) is 112 cm³/mol. The lowest BCUT2D eigenvalue weighted by Crippen LogP contribution is -2.58. The number of likely N-dealkylation sites (tertiary alicyclic amines) is 1. The summed E-state index contributed by atoms with van der Waals surface area (Å²) >= 11 is 0. The molecule has 1 aromatic carbocycles. The van der Waals surface area contributed by atoms with E-state index in [1.165, 1.54) is 0 Å². The van der Waals surface area contributed by atoms with Crippen LogP contribution < -0.4 is 0 Å². The van der Waals surface area contributed by atoms with E-state index in [-0.39, 0.29) is 17.2 Å². The maximum atomic E-state index is 13.3. The third-order valence-corrected chi connectivity index (χ3v) is 5.37. The number of amides is 2. The van der Waals surface area contributed by atoms with E-state index in [1.54, 1.807) is 23.9 Å². The van der Waals surface area contributed by atoms with Crippen LogP contribution in [0.25, 0.3) is 11.3 Å². The Hall–Kier alpha value is -2.63. The van der Waals surface area contributed by atoms with Gasteiger partial charge in [-0.1, -0.05) is 56.3 Å². The second-order valence-corrected chi connectivity index (χ2v) is 9.34. The van der Waals surface area contributed by atoms with Gasteiger partial charge >= 0.3 is 0 Å². The minimum Gasteiger partial charge on any atom is -0.361 e. The molecule has 0 bridgehead atoms. The van der Waals surface area contributed by atoms with Crippen LogP contribution in [0.3, 0.4) is 0 Å². The molecule has 0 spiro atoms. The quantitative estimate of drug-likeness (QED) is 0.770. The Kier molecular flexibility index (Phi) is 5.82. The molecule has 1 atom stereocenters. The lowest BCUT2D eigenvalue weighted by molar-refractivity contribution is -0.151. The Bertz CT molecular complexity index is 867. The van der Waals surface area contributed by atoms with E-state index >= 15 is 0 Å². The number of likely N-dealkylation sites (N-methyl/N-ethyl adjacent to an activating group) is 1. The molecule has 156 valence electrons. The number of carbonyl (C=O) groups excluding carboxylic acids is 2. The summed E-state index contributed by atoms with van der Waals surface area (Å²) in [7, 11) is 3.48. The molecule has 2 heterocycles. The first-order valence-electron chi connectivity index (χ1n) is 10.2. The number of nitrogens with zero attached hydrogens (tertiary/aromatic N) is 3. The van der Waals surface area contributed by atoms with Crippen LogP contribution in [0.2, 0.25) is 0 Å². The van der Waals surface area contributed by atoms with Gasteiger partial charge in [0.1, 0.15) is 17.0 Å².